The molecule has 1 amide bonds. The molecule has 3 N–H and O–H groups in total. The van der Waals surface area contributed by atoms with Gasteiger partial charge in [-0.2, -0.15) is 0 Å². The molecule has 3 rings (SSSR count). The maximum Gasteiger partial charge on any atom is 0.341 e. The molecule has 1 aromatic heterocycles. The molecule has 1 aromatic rings. The lowest BCUT2D eigenvalue weighted by Gasteiger charge is -2.39. The number of carboxylic acids is 1. The Kier molecular flexibility index (Phi) is 5.46. The standard InChI is InChI=1S/C19H27N3O4/c1-11(2)22-9-13(17(23)14(10-22)19(25)26)18(24)21-16-8-7-15(16)20-12-5-3-4-6-12/h9-12,15-16,20H,3-8H2,1-2H3,(H,21,24)(H,25,26)/t15-,16+/m1/s1. The summed E-state index contributed by atoms with van der Waals surface area (Å²) in [5.41, 5.74) is -1.21. The number of pyridine rings is 1. The highest BCUT2D eigenvalue weighted by molar-refractivity contribution is 5.97. The molecule has 1 heterocycles. The van der Waals surface area contributed by atoms with Crippen molar-refractivity contribution in [3.63, 3.8) is 0 Å². The quantitative estimate of drug-likeness (QED) is 0.719. The van der Waals surface area contributed by atoms with Gasteiger partial charge in [-0.3, -0.25) is 9.59 Å². The van der Waals surface area contributed by atoms with Gasteiger partial charge >= 0.3 is 5.97 Å². The predicted octanol–water partition coefficient (Wildman–Crippen LogP) is 1.92. The Morgan fingerprint density at radius 2 is 1.69 bits per heavy atom. The van der Waals surface area contributed by atoms with Crippen LogP contribution in [0.15, 0.2) is 17.2 Å². The highest BCUT2D eigenvalue weighted by Gasteiger charge is 2.34. The molecule has 142 valence electrons. The Morgan fingerprint density at radius 3 is 2.23 bits per heavy atom. The maximum absolute atomic E-state index is 12.7. The maximum atomic E-state index is 12.7. The Labute approximate surface area is 152 Å². The van der Waals surface area contributed by atoms with Crippen LogP contribution >= 0.6 is 0 Å². The number of hydrogen-bond donors (Lipinski definition) is 3. The van der Waals surface area contributed by atoms with Crippen molar-refractivity contribution < 1.29 is 14.7 Å². The molecule has 2 atom stereocenters. The molecular formula is C19H27N3O4. The smallest absolute Gasteiger partial charge is 0.341 e. The van der Waals surface area contributed by atoms with Crippen molar-refractivity contribution >= 4 is 11.9 Å². The van der Waals surface area contributed by atoms with E-state index in [1.54, 1.807) is 4.57 Å². The molecule has 0 unspecified atom stereocenters. The van der Waals surface area contributed by atoms with Crippen LogP contribution in [0.1, 0.15) is 79.1 Å². The second-order valence-corrected chi connectivity index (χ2v) is 7.67. The van der Waals surface area contributed by atoms with Crippen LogP contribution in [0.4, 0.5) is 0 Å². The van der Waals surface area contributed by atoms with Crippen LogP contribution in [0.25, 0.3) is 0 Å². The van der Waals surface area contributed by atoms with Gasteiger partial charge in [-0.05, 0) is 39.5 Å². The van der Waals surface area contributed by atoms with E-state index >= 15 is 0 Å². The average Bonchev–Trinajstić information content (AvgIpc) is 3.09. The summed E-state index contributed by atoms with van der Waals surface area (Å²) in [5.74, 6) is -1.81. The lowest BCUT2D eigenvalue weighted by Crippen LogP contribution is -2.59. The lowest BCUT2D eigenvalue weighted by atomic mass is 9.85. The second kappa shape index (κ2) is 7.61. The van der Waals surface area contributed by atoms with Gasteiger partial charge in [0.1, 0.15) is 11.1 Å². The fourth-order valence-corrected chi connectivity index (χ4v) is 3.72. The second-order valence-electron chi connectivity index (χ2n) is 7.67. The minimum atomic E-state index is -1.32. The van der Waals surface area contributed by atoms with E-state index in [1.807, 2.05) is 13.8 Å². The van der Waals surface area contributed by atoms with E-state index in [-0.39, 0.29) is 29.3 Å². The van der Waals surface area contributed by atoms with Crippen LogP contribution in [-0.4, -0.2) is 39.7 Å². The van der Waals surface area contributed by atoms with Crippen molar-refractivity contribution in [2.45, 2.75) is 76.5 Å². The number of amides is 1. The zero-order valence-electron chi connectivity index (χ0n) is 15.3. The molecule has 0 spiro atoms. The summed E-state index contributed by atoms with van der Waals surface area (Å²) < 4.78 is 1.59. The molecule has 0 aliphatic heterocycles. The molecule has 26 heavy (non-hydrogen) atoms. The molecule has 7 nitrogen and oxygen atoms in total. The first-order valence-electron chi connectivity index (χ1n) is 9.42. The van der Waals surface area contributed by atoms with Crippen molar-refractivity contribution in [3.05, 3.63) is 33.7 Å². The molecule has 0 radical (unpaired) electrons. The van der Waals surface area contributed by atoms with Crippen molar-refractivity contribution in [3.8, 4) is 0 Å². The molecular weight excluding hydrogens is 334 g/mol. The fourth-order valence-electron chi connectivity index (χ4n) is 3.72. The Morgan fingerprint density at radius 1 is 1.08 bits per heavy atom. The predicted molar refractivity (Wildman–Crippen MR) is 97.7 cm³/mol. The first kappa shape index (κ1) is 18.6. The van der Waals surface area contributed by atoms with Crippen LogP contribution in [0.5, 0.6) is 0 Å². The number of aromatic nitrogens is 1. The van der Waals surface area contributed by atoms with Gasteiger partial charge in [0.05, 0.1) is 0 Å². The first-order valence-corrected chi connectivity index (χ1v) is 9.42. The number of hydrogen-bond acceptors (Lipinski definition) is 4. The van der Waals surface area contributed by atoms with Crippen LogP contribution in [0, 0.1) is 0 Å². The van der Waals surface area contributed by atoms with Crippen LogP contribution < -0.4 is 16.1 Å². The third-order valence-corrected chi connectivity index (χ3v) is 5.51. The highest BCUT2D eigenvalue weighted by Crippen LogP contribution is 2.25. The van der Waals surface area contributed by atoms with Gasteiger partial charge in [0, 0.05) is 36.6 Å². The molecule has 0 bridgehead atoms. The van der Waals surface area contributed by atoms with E-state index in [9.17, 15) is 19.5 Å². The SMILES string of the molecule is CC(C)n1cc(C(=O)O)c(=O)c(C(=O)N[C@H]2CC[C@H]2NC2CCCC2)c1. The van der Waals surface area contributed by atoms with Gasteiger partial charge in [-0.1, -0.05) is 12.8 Å². The summed E-state index contributed by atoms with van der Waals surface area (Å²) in [6, 6.07) is 0.689. The zero-order valence-corrected chi connectivity index (χ0v) is 15.3. The summed E-state index contributed by atoms with van der Waals surface area (Å²) in [6.07, 6.45) is 9.47. The van der Waals surface area contributed by atoms with E-state index in [0.717, 1.165) is 12.8 Å². The minimum absolute atomic E-state index is 0.0107. The summed E-state index contributed by atoms with van der Waals surface area (Å²) in [5, 5.41) is 15.8. The van der Waals surface area contributed by atoms with Crippen LogP contribution in [0.3, 0.4) is 0 Å². The van der Waals surface area contributed by atoms with E-state index in [0.29, 0.717) is 6.04 Å². The van der Waals surface area contributed by atoms with Crippen molar-refractivity contribution in [1.82, 2.24) is 15.2 Å². The summed E-state index contributed by atoms with van der Waals surface area (Å²) in [4.78, 5) is 36.4. The molecule has 2 aliphatic carbocycles. The van der Waals surface area contributed by atoms with Crippen molar-refractivity contribution in [2.75, 3.05) is 0 Å². The van der Waals surface area contributed by atoms with Gasteiger partial charge in [0.25, 0.3) is 5.91 Å². The highest BCUT2D eigenvalue weighted by atomic mass is 16.4. The Bertz CT molecular complexity index is 750. The first-order chi connectivity index (χ1) is 12.4. The van der Waals surface area contributed by atoms with Gasteiger partial charge < -0.3 is 20.3 Å². The normalized spacial score (nSPS) is 23.0. The van der Waals surface area contributed by atoms with Crippen molar-refractivity contribution in [1.29, 1.82) is 0 Å². The molecule has 0 aromatic carbocycles. The molecule has 2 fully saturated rings. The molecule has 7 heteroatoms. The average molecular weight is 361 g/mol. The Hall–Kier alpha value is -2.15. The lowest BCUT2D eigenvalue weighted by molar-refractivity contribution is 0.0694. The van der Waals surface area contributed by atoms with Gasteiger partial charge in [-0.25, -0.2) is 4.79 Å². The van der Waals surface area contributed by atoms with E-state index in [1.165, 1.54) is 38.1 Å². The minimum Gasteiger partial charge on any atom is -0.477 e. The summed E-state index contributed by atoms with van der Waals surface area (Å²) in [7, 11) is 0. The van der Waals surface area contributed by atoms with Crippen LogP contribution in [-0.2, 0) is 0 Å². The molecule has 2 saturated carbocycles. The summed E-state index contributed by atoms with van der Waals surface area (Å²) >= 11 is 0. The van der Waals surface area contributed by atoms with E-state index in [4.69, 9.17) is 0 Å². The number of aromatic carboxylic acids is 1. The van der Waals surface area contributed by atoms with Gasteiger partial charge in [-0.15, -0.1) is 0 Å². The number of carboxylic acid groups (broad SMARTS) is 1. The number of carbonyl (C=O) groups is 2. The number of nitrogens with one attached hydrogen (secondary N) is 2. The fraction of sp³-hybridized carbons (Fsp3) is 0.632. The summed E-state index contributed by atoms with van der Waals surface area (Å²) in [6.45, 7) is 3.73. The topological polar surface area (TPSA) is 100 Å². The third kappa shape index (κ3) is 3.82. The third-order valence-electron chi connectivity index (χ3n) is 5.51. The molecule has 0 saturated heterocycles. The zero-order chi connectivity index (χ0) is 18.8. The monoisotopic (exact) mass is 361 g/mol. The van der Waals surface area contributed by atoms with Crippen LogP contribution in [0.2, 0.25) is 0 Å². The number of nitrogens with zero attached hydrogens (tertiary/aromatic N) is 1. The van der Waals surface area contributed by atoms with Gasteiger partial charge in [0.2, 0.25) is 5.43 Å². The van der Waals surface area contributed by atoms with E-state index in [2.05, 4.69) is 10.6 Å². The number of rotatable bonds is 6. The molecule has 2 aliphatic rings. The Balaban J connectivity index is 1.74. The van der Waals surface area contributed by atoms with Gasteiger partial charge in [0.15, 0.2) is 0 Å². The van der Waals surface area contributed by atoms with Crippen molar-refractivity contribution in [2.24, 2.45) is 0 Å². The number of carbonyl (C=O) groups excluding carboxylic acids is 1. The largest absolute Gasteiger partial charge is 0.477 e. The van der Waals surface area contributed by atoms with E-state index < -0.39 is 17.3 Å².